The standard InChI is InChI=1S/C6H13ClN/c1-4-8(5-7)6(2)3/h5-6H,4H2,1-3H3/q+1. The first-order valence-corrected chi connectivity index (χ1v) is 3.35. The van der Waals surface area contributed by atoms with Crippen LogP contribution in [0.15, 0.2) is 0 Å². The Balaban J connectivity index is 3.72. The molecule has 0 aliphatic rings. The number of nitrogens with zero attached hydrogens (tertiary/aromatic N) is 1. The maximum absolute atomic E-state index is 5.46. The van der Waals surface area contributed by atoms with Crippen molar-refractivity contribution >= 4 is 17.3 Å². The fourth-order valence-electron chi connectivity index (χ4n) is 0.547. The predicted octanol–water partition coefficient (Wildman–Crippen LogP) is 1.69. The van der Waals surface area contributed by atoms with Crippen LogP contribution in [0.4, 0.5) is 0 Å². The summed E-state index contributed by atoms with van der Waals surface area (Å²) in [5.74, 6) is 0. The van der Waals surface area contributed by atoms with Crippen LogP contribution < -0.4 is 0 Å². The lowest BCUT2D eigenvalue weighted by molar-refractivity contribution is -0.549. The molecule has 0 saturated heterocycles. The van der Waals surface area contributed by atoms with Crippen LogP contribution in [0, 0.1) is 0 Å². The second-order valence-electron chi connectivity index (χ2n) is 2.02. The molecule has 0 bridgehead atoms. The van der Waals surface area contributed by atoms with E-state index >= 15 is 0 Å². The van der Waals surface area contributed by atoms with Crippen LogP contribution in [0.25, 0.3) is 0 Å². The highest BCUT2D eigenvalue weighted by molar-refractivity contribution is 6.54. The van der Waals surface area contributed by atoms with Gasteiger partial charge in [-0.1, -0.05) is 0 Å². The van der Waals surface area contributed by atoms with Gasteiger partial charge in [-0.25, -0.2) is 4.58 Å². The minimum absolute atomic E-state index is 0.525. The summed E-state index contributed by atoms with van der Waals surface area (Å²) < 4.78 is 2.06. The minimum atomic E-state index is 0.525. The Morgan fingerprint density at radius 2 is 2.12 bits per heavy atom. The van der Waals surface area contributed by atoms with Crippen molar-refractivity contribution in [3.63, 3.8) is 0 Å². The Morgan fingerprint density at radius 3 is 2.12 bits per heavy atom. The van der Waals surface area contributed by atoms with Gasteiger partial charge in [-0.15, -0.1) is 0 Å². The van der Waals surface area contributed by atoms with Gasteiger partial charge in [0, 0.05) is 0 Å². The van der Waals surface area contributed by atoms with E-state index in [9.17, 15) is 0 Å². The molecule has 8 heavy (non-hydrogen) atoms. The van der Waals surface area contributed by atoms with Gasteiger partial charge in [-0.2, -0.15) is 0 Å². The van der Waals surface area contributed by atoms with Crippen LogP contribution in [0.1, 0.15) is 20.8 Å². The van der Waals surface area contributed by atoms with Gasteiger partial charge in [0.15, 0.2) is 0 Å². The van der Waals surface area contributed by atoms with E-state index in [0.29, 0.717) is 6.04 Å². The summed E-state index contributed by atoms with van der Waals surface area (Å²) in [4.78, 5) is 0. The maximum atomic E-state index is 5.46. The molecule has 0 amide bonds. The first-order valence-electron chi connectivity index (χ1n) is 2.91. The maximum Gasteiger partial charge on any atom is 0.232 e. The SMILES string of the molecule is CC[N+](=CCl)C(C)C. The van der Waals surface area contributed by atoms with Gasteiger partial charge in [0.25, 0.3) is 0 Å². The third-order valence-electron chi connectivity index (χ3n) is 1.15. The third kappa shape index (κ3) is 2.31. The van der Waals surface area contributed by atoms with E-state index in [1.165, 1.54) is 0 Å². The van der Waals surface area contributed by atoms with Crippen molar-refractivity contribution in [1.29, 1.82) is 0 Å². The number of hydrogen-bond donors (Lipinski definition) is 0. The number of rotatable bonds is 2. The lowest BCUT2D eigenvalue weighted by Crippen LogP contribution is -2.19. The average Bonchev–Trinajstić information content (AvgIpc) is 1.69. The van der Waals surface area contributed by atoms with E-state index in [-0.39, 0.29) is 0 Å². The summed E-state index contributed by atoms with van der Waals surface area (Å²) in [7, 11) is 0. The molecule has 0 rings (SSSR count). The van der Waals surface area contributed by atoms with Crippen LogP contribution in [-0.4, -0.2) is 22.8 Å². The molecule has 0 aromatic rings. The first kappa shape index (κ1) is 7.96. The smallest absolute Gasteiger partial charge is 0.224 e. The molecule has 48 valence electrons. The lowest BCUT2D eigenvalue weighted by Gasteiger charge is -2.00. The molecule has 0 N–H and O–H groups in total. The highest BCUT2D eigenvalue weighted by Crippen LogP contribution is 1.86. The van der Waals surface area contributed by atoms with Crippen LogP contribution in [0.2, 0.25) is 0 Å². The largest absolute Gasteiger partial charge is 0.232 e. The monoisotopic (exact) mass is 134 g/mol. The quantitative estimate of drug-likeness (QED) is 0.400. The van der Waals surface area contributed by atoms with Crippen molar-refractivity contribution in [1.82, 2.24) is 0 Å². The molecule has 1 nitrogen and oxygen atoms in total. The third-order valence-corrected chi connectivity index (χ3v) is 1.40. The molecule has 0 unspecified atom stereocenters. The van der Waals surface area contributed by atoms with Crippen molar-refractivity contribution < 1.29 is 4.58 Å². The van der Waals surface area contributed by atoms with E-state index < -0.39 is 0 Å². The molecule has 0 aliphatic heterocycles. The Hall–Kier alpha value is -0.0400. The molecular formula is C6H13ClN+. The summed E-state index contributed by atoms with van der Waals surface area (Å²) >= 11 is 5.46. The second kappa shape index (κ2) is 3.90. The fourth-order valence-corrected chi connectivity index (χ4v) is 0.910. The van der Waals surface area contributed by atoms with E-state index in [0.717, 1.165) is 6.54 Å². The molecule has 0 atom stereocenters. The van der Waals surface area contributed by atoms with Gasteiger partial charge in [-0.05, 0) is 32.4 Å². The van der Waals surface area contributed by atoms with Gasteiger partial charge < -0.3 is 0 Å². The zero-order chi connectivity index (χ0) is 6.57. The van der Waals surface area contributed by atoms with Crippen LogP contribution >= 0.6 is 11.6 Å². The van der Waals surface area contributed by atoms with Gasteiger partial charge in [0.1, 0.15) is 12.6 Å². The van der Waals surface area contributed by atoms with Crippen molar-refractivity contribution in [3.05, 3.63) is 0 Å². The van der Waals surface area contributed by atoms with Crippen LogP contribution in [0.5, 0.6) is 0 Å². The first-order chi connectivity index (χ1) is 3.72. The number of hydrogen-bond acceptors (Lipinski definition) is 0. The second-order valence-corrected chi connectivity index (χ2v) is 2.22. The van der Waals surface area contributed by atoms with Gasteiger partial charge in [-0.3, -0.25) is 0 Å². The van der Waals surface area contributed by atoms with Crippen LogP contribution in [0.3, 0.4) is 0 Å². The lowest BCUT2D eigenvalue weighted by atomic mass is 10.4. The van der Waals surface area contributed by atoms with E-state index in [1.807, 2.05) is 0 Å². The molecule has 0 aromatic carbocycles. The zero-order valence-corrected chi connectivity index (χ0v) is 6.44. The van der Waals surface area contributed by atoms with E-state index in [1.54, 1.807) is 5.67 Å². The normalized spacial score (nSPS) is 12.9. The Bertz CT molecular complexity index is 86.5. The molecule has 2 heteroatoms. The van der Waals surface area contributed by atoms with Crippen LogP contribution in [-0.2, 0) is 0 Å². The summed E-state index contributed by atoms with van der Waals surface area (Å²) in [6.07, 6.45) is 0. The molecule has 0 spiro atoms. The number of halogens is 1. The summed E-state index contributed by atoms with van der Waals surface area (Å²) in [6, 6.07) is 0.525. The molecular weight excluding hydrogens is 122 g/mol. The molecule has 0 aliphatic carbocycles. The molecule has 0 saturated carbocycles. The minimum Gasteiger partial charge on any atom is -0.224 e. The van der Waals surface area contributed by atoms with Crippen molar-refractivity contribution in [2.45, 2.75) is 26.8 Å². The topological polar surface area (TPSA) is 3.01 Å². The highest BCUT2D eigenvalue weighted by Gasteiger charge is 2.02. The Morgan fingerprint density at radius 1 is 1.62 bits per heavy atom. The zero-order valence-electron chi connectivity index (χ0n) is 5.69. The molecule has 0 fully saturated rings. The van der Waals surface area contributed by atoms with Gasteiger partial charge in [0.2, 0.25) is 5.67 Å². The summed E-state index contributed by atoms with van der Waals surface area (Å²) in [5.41, 5.74) is 1.60. The van der Waals surface area contributed by atoms with Crippen molar-refractivity contribution in [2.24, 2.45) is 0 Å². The average molecular weight is 135 g/mol. The Labute approximate surface area is 56.0 Å². The summed E-state index contributed by atoms with van der Waals surface area (Å²) in [5, 5.41) is 0. The van der Waals surface area contributed by atoms with Gasteiger partial charge in [0.05, 0.1) is 0 Å². The highest BCUT2D eigenvalue weighted by atomic mass is 35.5. The molecule has 0 radical (unpaired) electrons. The molecule has 0 aromatic heterocycles. The summed E-state index contributed by atoms with van der Waals surface area (Å²) in [6.45, 7) is 7.30. The van der Waals surface area contributed by atoms with E-state index in [4.69, 9.17) is 11.6 Å². The predicted molar refractivity (Wildman–Crippen MR) is 37.9 cm³/mol. The van der Waals surface area contributed by atoms with E-state index in [2.05, 4.69) is 25.3 Å². The van der Waals surface area contributed by atoms with Gasteiger partial charge >= 0.3 is 0 Å². The molecule has 0 heterocycles. The van der Waals surface area contributed by atoms with Crippen molar-refractivity contribution in [2.75, 3.05) is 6.54 Å². The Kier molecular flexibility index (Phi) is 3.88. The van der Waals surface area contributed by atoms with Crippen molar-refractivity contribution in [3.8, 4) is 0 Å². The fraction of sp³-hybridized carbons (Fsp3) is 0.833.